The molecule has 158 valence electrons. The lowest BCUT2D eigenvalue weighted by Gasteiger charge is -2.27. The van der Waals surface area contributed by atoms with Gasteiger partial charge in [-0.3, -0.25) is 0 Å². The highest BCUT2D eigenvalue weighted by atomic mass is 19.1. The van der Waals surface area contributed by atoms with Gasteiger partial charge in [-0.2, -0.15) is 0 Å². The van der Waals surface area contributed by atoms with Crippen molar-refractivity contribution in [3.05, 3.63) is 42.2 Å². The molecule has 1 heterocycles. The van der Waals surface area contributed by atoms with Gasteiger partial charge in [0.15, 0.2) is 11.6 Å². The first-order chi connectivity index (χ1) is 14.2. The molecule has 1 saturated carbocycles. The number of benzene rings is 1. The third kappa shape index (κ3) is 6.25. The normalized spacial score (nSPS) is 19.3. The molecule has 1 aromatic heterocycles. The zero-order valence-corrected chi connectivity index (χ0v) is 18.0. The average molecular weight is 399 g/mol. The fraction of sp³-hybridized carbons (Fsp3) is 0.600. The van der Waals surface area contributed by atoms with Gasteiger partial charge < -0.3 is 4.74 Å². The summed E-state index contributed by atoms with van der Waals surface area (Å²) in [4.78, 5) is 9.25. The predicted octanol–water partition coefficient (Wildman–Crippen LogP) is 7.32. The zero-order chi connectivity index (χ0) is 20.5. The Kier molecular flexibility index (Phi) is 8.45. The van der Waals surface area contributed by atoms with Crippen LogP contribution < -0.4 is 4.74 Å². The molecule has 3 rings (SSSR count). The Hall–Kier alpha value is -1.97. The number of halogens is 1. The zero-order valence-electron chi connectivity index (χ0n) is 18.0. The van der Waals surface area contributed by atoms with E-state index in [1.807, 2.05) is 18.5 Å². The van der Waals surface area contributed by atoms with Crippen LogP contribution in [0, 0.1) is 11.7 Å². The highest BCUT2D eigenvalue weighted by Crippen LogP contribution is 2.36. The van der Waals surface area contributed by atoms with E-state index in [0.29, 0.717) is 18.3 Å². The maximum Gasteiger partial charge on any atom is 0.165 e. The molecule has 0 amide bonds. The Bertz CT molecular complexity index is 739. The fourth-order valence-corrected chi connectivity index (χ4v) is 4.21. The second-order valence-electron chi connectivity index (χ2n) is 8.39. The summed E-state index contributed by atoms with van der Waals surface area (Å²) in [6, 6.07) is 5.10. The molecule has 0 unspecified atom stereocenters. The van der Waals surface area contributed by atoms with E-state index in [2.05, 4.69) is 23.8 Å². The van der Waals surface area contributed by atoms with Crippen molar-refractivity contribution in [2.45, 2.75) is 84.0 Å². The first-order valence-electron chi connectivity index (χ1n) is 11.5. The Balaban J connectivity index is 1.56. The summed E-state index contributed by atoms with van der Waals surface area (Å²) in [6.07, 6.45) is 16.0. The first-order valence-corrected chi connectivity index (χ1v) is 11.5. The van der Waals surface area contributed by atoms with Crippen LogP contribution in [-0.4, -0.2) is 16.6 Å². The van der Waals surface area contributed by atoms with Gasteiger partial charge in [-0.25, -0.2) is 14.4 Å². The molecule has 3 nitrogen and oxygen atoms in total. The number of hydrogen-bond acceptors (Lipinski definition) is 3. The second-order valence-corrected chi connectivity index (χ2v) is 8.39. The van der Waals surface area contributed by atoms with Gasteiger partial charge in [-0.15, -0.1) is 0 Å². The van der Waals surface area contributed by atoms with Crippen LogP contribution >= 0.6 is 0 Å². The van der Waals surface area contributed by atoms with Crippen molar-refractivity contribution < 1.29 is 9.13 Å². The minimum absolute atomic E-state index is 0.315. The Morgan fingerprint density at radius 1 is 0.931 bits per heavy atom. The van der Waals surface area contributed by atoms with E-state index in [-0.39, 0.29) is 5.82 Å². The molecule has 29 heavy (non-hydrogen) atoms. The minimum Gasteiger partial charge on any atom is -0.491 e. The number of hydrogen-bond donors (Lipinski definition) is 0. The largest absolute Gasteiger partial charge is 0.491 e. The van der Waals surface area contributed by atoms with Crippen molar-refractivity contribution in [1.29, 1.82) is 0 Å². The maximum absolute atomic E-state index is 14.3. The van der Waals surface area contributed by atoms with E-state index in [1.165, 1.54) is 57.4 Å². The van der Waals surface area contributed by atoms with Crippen LogP contribution in [0.2, 0.25) is 0 Å². The van der Waals surface area contributed by atoms with Gasteiger partial charge in [0.25, 0.3) is 0 Å². The third-order valence-corrected chi connectivity index (χ3v) is 6.12. The highest BCUT2D eigenvalue weighted by Gasteiger charge is 2.23. The Labute approximate surface area is 175 Å². The van der Waals surface area contributed by atoms with Gasteiger partial charge in [0, 0.05) is 23.9 Å². The van der Waals surface area contributed by atoms with Crippen molar-refractivity contribution in [3.8, 4) is 16.9 Å². The standard InChI is InChI=1S/C25H35FN2O/c1-3-5-7-8-19-9-11-20(12-10-19)25-27-17-22(18-28-25)21-13-14-24(23(26)16-21)29-15-6-4-2/h13-14,16-20H,3-12,15H2,1-2H3. The van der Waals surface area contributed by atoms with Crippen LogP contribution in [0.25, 0.3) is 11.1 Å². The molecule has 0 aliphatic heterocycles. The minimum atomic E-state index is -0.330. The van der Waals surface area contributed by atoms with E-state index < -0.39 is 0 Å². The van der Waals surface area contributed by atoms with E-state index >= 15 is 0 Å². The summed E-state index contributed by atoms with van der Waals surface area (Å²) in [6.45, 7) is 4.90. The molecule has 0 radical (unpaired) electrons. The third-order valence-electron chi connectivity index (χ3n) is 6.12. The van der Waals surface area contributed by atoms with Gasteiger partial charge in [-0.1, -0.05) is 52.0 Å². The van der Waals surface area contributed by atoms with Crippen LogP contribution in [0.1, 0.15) is 89.8 Å². The molecule has 0 bridgehead atoms. The van der Waals surface area contributed by atoms with Crippen molar-refractivity contribution in [3.63, 3.8) is 0 Å². The fourth-order valence-electron chi connectivity index (χ4n) is 4.21. The molecule has 0 spiro atoms. The van der Waals surface area contributed by atoms with Gasteiger partial charge in [0.05, 0.1) is 6.61 Å². The van der Waals surface area contributed by atoms with Gasteiger partial charge in [-0.05, 0) is 55.7 Å². The summed E-state index contributed by atoms with van der Waals surface area (Å²) in [5, 5.41) is 0. The van der Waals surface area contributed by atoms with E-state index in [1.54, 1.807) is 6.07 Å². The molecule has 1 aliphatic rings. The number of unbranched alkanes of at least 4 members (excludes halogenated alkanes) is 3. The summed E-state index contributed by atoms with van der Waals surface area (Å²) in [5.41, 5.74) is 1.64. The number of rotatable bonds is 10. The molecule has 4 heteroatoms. The summed E-state index contributed by atoms with van der Waals surface area (Å²) in [5.74, 6) is 2.29. The summed E-state index contributed by atoms with van der Waals surface area (Å²) >= 11 is 0. The SMILES string of the molecule is CCCCCC1CCC(c2ncc(-c3ccc(OCCCC)c(F)c3)cn2)CC1. The average Bonchev–Trinajstić information content (AvgIpc) is 2.76. The van der Waals surface area contributed by atoms with Gasteiger partial charge in [0.1, 0.15) is 5.82 Å². The molecular formula is C25H35FN2O. The quantitative estimate of drug-likeness (QED) is 0.393. The monoisotopic (exact) mass is 398 g/mol. The second kappa shape index (κ2) is 11.3. The van der Waals surface area contributed by atoms with Crippen LogP contribution in [0.4, 0.5) is 4.39 Å². The van der Waals surface area contributed by atoms with Crippen LogP contribution in [0.3, 0.4) is 0 Å². The topological polar surface area (TPSA) is 35.0 Å². The summed E-state index contributed by atoms with van der Waals surface area (Å²) in [7, 11) is 0. The van der Waals surface area contributed by atoms with Crippen molar-refractivity contribution in [2.24, 2.45) is 5.92 Å². The molecule has 0 saturated heterocycles. The number of aromatic nitrogens is 2. The van der Waals surface area contributed by atoms with Gasteiger partial charge >= 0.3 is 0 Å². The molecule has 0 N–H and O–H groups in total. The van der Waals surface area contributed by atoms with Gasteiger partial charge in [0.2, 0.25) is 0 Å². The van der Waals surface area contributed by atoms with Crippen LogP contribution in [0.15, 0.2) is 30.6 Å². The van der Waals surface area contributed by atoms with E-state index in [9.17, 15) is 4.39 Å². The lowest BCUT2D eigenvalue weighted by atomic mass is 9.79. The van der Waals surface area contributed by atoms with Crippen LogP contribution in [-0.2, 0) is 0 Å². The number of nitrogens with zero attached hydrogens (tertiary/aromatic N) is 2. The molecular weight excluding hydrogens is 363 g/mol. The first kappa shape index (κ1) is 21.7. The molecule has 1 fully saturated rings. The molecule has 1 aliphatic carbocycles. The smallest absolute Gasteiger partial charge is 0.165 e. The Morgan fingerprint density at radius 3 is 2.31 bits per heavy atom. The van der Waals surface area contributed by atoms with Crippen LogP contribution in [0.5, 0.6) is 5.75 Å². The van der Waals surface area contributed by atoms with Crippen molar-refractivity contribution in [2.75, 3.05) is 6.61 Å². The Morgan fingerprint density at radius 2 is 1.66 bits per heavy atom. The number of ether oxygens (including phenoxy) is 1. The lowest BCUT2D eigenvalue weighted by molar-refractivity contribution is 0.294. The predicted molar refractivity (Wildman–Crippen MR) is 117 cm³/mol. The van der Waals surface area contributed by atoms with Crippen molar-refractivity contribution >= 4 is 0 Å². The van der Waals surface area contributed by atoms with E-state index in [4.69, 9.17) is 4.74 Å². The molecule has 1 aromatic carbocycles. The summed E-state index contributed by atoms with van der Waals surface area (Å²) < 4.78 is 19.8. The lowest BCUT2D eigenvalue weighted by Crippen LogP contribution is -2.15. The maximum atomic E-state index is 14.3. The highest BCUT2D eigenvalue weighted by molar-refractivity contribution is 5.62. The molecule has 0 atom stereocenters. The molecule has 2 aromatic rings. The van der Waals surface area contributed by atoms with E-state index in [0.717, 1.165) is 35.7 Å². The van der Waals surface area contributed by atoms with Crippen molar-refractivity contribution in [1.82, 2.24) is 9.97 Å².